The van der Waals surface area contributed by atoms with Crippen molar-refractivity contribution in [3.05, 3.63) is 36.5 Å². The van der Waals surface area contributed by atoms with Crippen molar-refractivity contribution in [3.63, 3.8) is 0 Å². The lowest BCUT2D eigenvalue weighted by molar-refractivity contribution is -0.325. The Hall–Kier alpha value is -1.62. The quantitative estimate of drug-likeness (QED) is 0.1000. The highest BCUT2D eigenvalue weighted by molar-refractivity contribution is 6.90. The molecule has 0 aliphatic carbocycles. The van der Waals surface area contributed by atoms with Crippen LogP contribution in [0, 0.1) is 0 Å². The number of carbonyl (C=O) groups is 3. The molecule has 0 bridgehead atoms. The van der Waals surface area contributed by atoms with Gasteiger partial charge in [0.1, 0.15) is 0 Å². The Balaban J connectivity index is 6.85. The third-order valence-electron chi connectivity index (χ3n) is 3.80. The molecule has 0 aromatic rings. The predicted octanol–water partition coefficient (Wildman–Crippen LogP) is 5.88. The highest BCUT2D eigenvalue weighted by Gasteiger charge is 2.54. The SMILES string of the molecule is CC=CC(=O)OC(CC[Si](O[Si](C)(C)C)(O[Si](C)(C)C)O[Si](C)(C)C)(OC(=O)C=CC)OC(=O)C=CC. The lowest BCUT2D eigenvalue weighted by Crippen LogP contribution is -2.61. The maximum atomic E-state index is 12.6. The van der Waals surface area contributed by atoms with Crippen molar-refractivity contribution in [2.75, 3.05) is 0 Å². The topological polar surface area (TPSA) is 107 Å². The van der Waals surface area contributed by atoms with E-state index in [4.69, 9.17) is 26.6 Å². The molecule has 0 atom stereocenters. The van der Waals surface area contributed by atoms with E-state index in [0.717, 1.165) is 18.2 Å². The molecular formula is C24H46O9Si4. The Morgan fingerprint density at radius 3 is 1.05 bits per heavy atom. The molecule has 0 spiro atoms. The van der Waals surface area contributed by atoms with Gasteiger partial charge in [0.05, 0.1) is 6.42 Å². The van der Waals surface area contributed by atoms with E-state index in [1.165, 1.54) is 18.2 Å². The van der Waals surface area contributed by atoms with Crippen LogP contribution in [0.2, 0.25) is 65.0 Å². The molecule has 212 valence electrons. The van der Waals surface area contributed by atoms with Crippen molar-refractivity contribution < 1.29 is 40.9 Å². The van der Waals surface area contributed by atoms with Crippen LogP contribution in [-0.4, -0.2) is 57.6 Å². The van der Waals surface area contributed by atoms with Crippen LogP contribution in [-0.2, 0) is 40.9 Å². The van der Waals surface area contributed by atoms with E-state index in [-0.39, 0.29) is 12.5 Å². The third kappa shape index (κ3) is 16.1. The van der Waals surface area contributed by atoms with Gasteiger partial charge in [-0.25, -0.2) is 14.4 Å². The molecule has 0 amide bonds. The Kier molecular flexibility index (Phi) is 13.9. The van der Waals surface area contributed by atoms with Crippen LogP contribution in [0.25, 0.3) is 0 Å². The standard InChI is InChI=1S/C24H46O9Si4/c1-13-16-21(25)28-24(29-22(26)17-14-2,30-23(27)18-15-3)19-20-37(31-34(4,5)6,32-35(7,8)9)33-36(10,11)12/h13-18H,19-20H2,1-12H3. The molecule has 37 heavy (non-hydrogen) atoms. The zero-order valence-corrected chi connectivity index (χ0v) is 28.6. The fourth-order valence-electron chi connectivity index (χ4n) is 3.11. The van der Waals surface area contributed by atoms with Crippen LogP contribution < -0.4 is 0 Å². The van der Waals surface area contributed by atoms with E-state index in [1.807, 2.05) is 58.9 Å². The summed E-state index contributed by atoms with van der Waals surface area (Å²) in [5.41, 5.74) is 0. The van der Waals surface area contributed by atoms with Gasteiger partial charge < -0.3 is 26.6 Å². The summed E-state index contributed by atoms with van der Waals surface area (Å²) in [5.74, 6) is -4.91. The van der Waals surface area contributed by atoms with Gasteiger partial charge in [0.25, 0.3) is 0 Å². The highest BCUT2D eigenvalue weighted by atomic mass is 28.5. The zero-order valence-electron chi connectivity index (χ0n) is 24.6. The van der Waals surface area contributed by atoms with Gasteiger partial charge in [-0.15, -0.1) is 0 Å². The van der Waals surface area contributed by atoms with Crippen LogP contribution in [0.4, 0.5) is 0 Å². The fraction of sp³-hybridized carbons (Fsp3) is 0.625. The van der Waals surface area contributed by atoms with Gasteiger partial charge in [0.2, 0.25) is 0 Å². The summed E-state index contributed by atoms with van der Waals surface area (Å²) in [6, 6.07) is 0.0845. The summed E-state index contributed by atoms with van der Waals surface area (Å²) in [4.78, 5) is 37.7. The van der Waals surface area contributed by atoms with Crippen LogP contribution >= 0.6 is 0 Å². The average molecular weight is 591 g/mol. The molecule has 13 heteroatoms. The van der Waals surface area contributed by atoms with Gasteiger partial charge in [0.15, 0.2) is 25.0 Å². The zero-order chi connectivity index (χ0) is 29.1. The first-order chi connectivity index (χ1) is 16.7. The lowest BCUT2D eigenvalue weighted by atomic mass is 10.3. The van der Waals surface area contributed by atoms with Crippen molar-refractivity contribution in [2.24, 2.45) is 0 Å². The smallest absolute Gasteiger partial charge is 0.417 e. The number of hydrogen-bond donors (Lipinski definition) is 0. The van der Waals surface area contributed by atoms with E-state index < -0.39 is 57.6 Å². The van der Waals surface area contributed by atoms with Crippen molar-refractivity contribution in [2.45, 2.75) is 98.1 Å². The molecule has 0 N–H and O–H groups in total. The van der Waals surface area contributed by atoms with Crippen molar-refractivity contribution in [1.82, 2.24) is 0 Å². The summed E-state index contributed by atoms with van der Waals surface area (Å²) < 4.78 is 36.5. The van der Waals surface area contributed by atoms with Gasteiger partial charge in [-0.3, -0.25) is 0 Å². The van der Waals surface area contributed by atoms with E-state index in [9.17, 15) is 14.4 Å². The Morgan fingerprint density at radius 1 is 0.568 bits per heavy atom. The van der Waals surface area contributed by atoms with E-state index >= 15 is 0 Å². The summed E-state index contributed by atoms with van der Waals surface area (Å²) >= 11 is 0. The normalized spacial score (nSPS) is 15.2. The highest BCUT2D eigenvalue weighted by Crippen LogP contribution is 2.34. The third-order valence-corrected chi connectivity index (χ3v) is 15.7. The Morgan fingerprint density at radius 2 is 0.838 bits per heavy atom. The van der Waals surface area contributed by atoms with Crippen LogP contribution in [0.3, 0.4) is 0 Å². The molecule has 0 radical (unpaired) electrons. The van der Waals surface area contributed by atoms with Crippen molar-refractivity contribution >= 4 is 51.7 Å². The molecule has 0 heterocycles. The maximum Gasteiger partial charge on any atom is 0.470 e. The molecule has 0 aromatic heterocycles. The summed E-state index contributed by atoms with van der Waals surface area (Å²) in [7, 11) is -10.1. The second-order valence-electron chi connectivity index (χ2n) is 11.3. The maximum absolute atomic E-state index is 12.6. The first-order valence-corrected chi connectivity index (χ1v) is 24.5. The minimum absolute atomic E-state index is 0.0845. The monoisotopic (exact) mass is 590 g/mol. The van der Waals surface area contributed by atoms with Crippen LogP contribution in [0.1, 0.15) is 27.2 Å². The van der Waals surface area contributed by atoms with Crippen LogP contribution in [0.15, 0.2) is 36.5 Å². The molecule has 0 unspecified atom stereocenters. The Labute approximate surface area is 226 Å². The minimum Gasteiger partial charge on any atom is -0.417 e. The van der Waals surface area contributed by atoms with Gasteiger partial charge in [-0.05, 0) is 79.7 Å². The van der Waals surface area contributed by atoms with Gasteiger partial charge in [-0.2, -0.15) is 0 Å². The molecule has 0 saturated carbocycles. The molecule has 0 rings (SSSR count). The average Bonchev–Trinajstić information content (AvgIpc) is 2.62. The summed E-state index contributed by atoms with van der Waals surface area (Å²) in [6.07, 6.45) is 7.57. The Bertz CT molecular complexity index is 758. The summed E-state index contributed by atoms with van der Waals surface area (Å²) in [6.45, 7) is 23.2. The van der Waals surface area contributed by atoms with E-state index in [2.05, 4.69) is 0 Å². The molecule has 9 nitrogen and oxygen atoms in total. The van der Waals surface area contributed by atoms with Gasteiger partial charge >= 0.3 is 32.7 Å². The van der Waals surface area contributed by atoms with Crippen molar-refractivity contribution in [3.8, 4) is 0 Å². The number of carbonyl (C=O) groups excluding carboxylic acids is 3. The molecule has 0 saturated heterocycles. The van der Waals surface area contributed by atoms with Gasteiger partial charge in [-0.1, -0.05) is 18.2 Å². The van der Waals surface area contributed by atoms with Crippen molar-refractivity contribution in [1.29, 1.82) is 0 Å². The molecular weight excluding hydrogens is 545 g/mol. The fourth-order valence-corrected chi connectivity index (χ4v) is 17.8. The lowest BCUT2D eigenvalue weighted by Gasteiger charge is -2.43. The number of ether oxygens (including phenoxy) is 3. The molecule has 0 aliphatic heterocycles. The molecule has 0 aliphatic rings. The molecule has 0 aromatic carbocycles. The largest absolute Gasteiger partial charge is 0.470 e. The second kappa shape index (κ2) is 14.5. The van der Waals surface area contributed by atoms with E-state index in [1.54, 1.807) is 20.8 Å². The first-order valence-electron chi connectivity index (χ1n) is 12.4. The first kappa shape index (κ1) is 35.4. The predicted molar refractivity (Wildman–Crippen MR) is 154 cm³/mol. The van der Waals surface area contributed by atoms with Crippen LogP contribution in [0.5, 0.6) is 0 Å². The van der Waals surface area contributed by atoms with E-state index in [0.29, 0.717) is 0 Å². The summed E-state index contributed by atoms with van der Waals surface area (Å²) in [5, 5.41) is 0. The second-order valence-corrected chi connectivity index (χ2v) is 28.3. The number of allylic oxidation sites excluding steroid dienone is 3. The number of esters is 3. The molecule has 0 fully saturated rings. The number of rotatable bonds is 15. The number of hydrogen-bond acceptors (Lipinski definition) is 9. The minimum atomic E-state index is -3.46. The van der Waals surface area contributed by atoms with Gasteiger partial charge in [0, 0.05) is 24.3 Å².